The lowest BCUT2D eigenvalue weighted by Gasteiger charge is -2.44. The van der Waals surface area contributed by atoms with Crippen LogP contribution in [0.3, 0.4) is 0 Å². The summed E-state index contributed by atoms with van der Waals surface area (Å²) in [6, 6.07) is 0. The van der Waals surface area contributed by atoms with Crippen molar-refractivity contribution in [3.05, 3.63) is 0 Å². The van der Waals surface area contributed by atoms with E-state index in [1.165, 1.54) is 0 Å². The Balaban J connectivity index is 1.69. The van der Waals surface area contributed by atoms with E-state index < -0.39 is 112 Å². The Morgan fingerprint density at radius 1 is 0.588 bits per heavy atom. The van der Waals surface area contributed by atoms with Gasteiger partial charge >= 0.3 is 0 Å². The highest BCUT2D eigenvalue weighted by Gasteiger charge is 2.58. The van der Waals surface area contributed by atoms with Gasteiger partial charge in [-0.25, -0.2) is 0 Å². The van der Waals surface area contributed by atoms with Gasteiger partial charge in [0.2, 0.25) is 5.79 Å². The molecule has 0 saturated carbocycles. The molecule has 3 rings (SSSR count). The molecular formula is C18H32O16. The van der Waals surface area contributed by atoms with Crippen LogP contribution in [0.25, 0.3) is 0 Å². The van der Waals surface area contributed by atoms with Crippen LogP contribution in [0.2, 0.25) is 0 Å². The fourth-order valence-corrected chi connectivity index (χ4v) is 4.01. The van der Waals surface area contributed by atoms with Crippen molar-refractivity contribution in [3.8, 4) is 0 Å². The average Bonchev–Trinajstić information content (AvgIpc) is 3.08. The van der Waals surface area contributed by atoms with Crippen molar-refractivity contribution >= 4 is 0 Å². The molecule has 3 aliphatic heterocycles. The van der Waals surface area contributed by atoms with Gasteiger partial charge < -0.3 is 79.9 Å². The van der Waals surface area contributed by atoms with E-state index in [1.54, 1.807) is 0 Å². The number of rotatable bonds is 8. The van der Waals surface area contributed by atoms with E-state index in [0.717, 1.165) is 0 Å². The third-order valence-electron chi connectivity index (χ3n) is 6.16. The van der Waals surface area contributed by atoms with E-state index in [-0.39, 0.29) is 0 Å². The Morgan fingerprint density at radius 3 is 1.65 bits per heavy atom. The minimum Gasteiger partial charge on any atom is -0.394 e. The van der Waals surface area contributed by atoms with Gasteiger partial charge in [0.1, 0.15) is 73.8 Å². The second-order valence-electron chi connectivity index (χ2n) is 8.41. The van der Waals surface area contributed by atoms with E-state index in [4.69, 9.17) is 23.7 Å². The Bertz CT molecular complexity index is 653. The van der Waals surface area contributed by atoms with E-state index in [2.05, 4.69) is 0 Å². The van der Waals surface area contributed by atoms with Gasteiger partial charge in [0.25, 0.3) is 0 Å². The highest BCUT2D eigenvalue weighted by Crippen LogP contribution is 2.36. The van der Waals surface area contributed by atoms with Crippen LogP contribution < -0.4 is 0 Å². The van der Waals surface area contributed by atoms with E-state index in [0.29, 0.717) is 0 Å². The summed E-state index contributed by atoms with van der Waals surface area (Å²) in [5.74, 6) is -2.36. The molecule has 0 spiro atoms. The molecule has 3 heterocycles. The van der Waals surface area contributed by atoms with Crippen molar-refractivity contribution in [3.63, 3.8) is 0 Å². The second-order valence-corrected chi connectivity index (χ2v) is 8.41. The molecule has 0 amide bonds. The third-order valence-corrected chi connectivity index (χ3v) is 6.16. The molecule has 0 bridgehead atoms. The van der Waals surface area contributed by atoms with Gasteiger partial charge in [0.15, 0.2) is 12.6 Å². The summed E-state index contributed by atoms with van der Waals surface area (Å²) in [6.07, 6.45) is -21.8. The summed E-state index contributed by atoms with van der Waals surface area (Å²) < 4.78 is 26.4. The number of hydrogen-bond acceptors (Lipinski definition) is 16. The SMILES string of the molecule is OC[C@H]1O[C@H](OC[C@H]2O[C@H](OC3(CO)O[C@H](CO)[C@@H](O)[C@@H]3O)[C@H](O)[C@@H](O)[C@@H]2O)[C@H](O)[C@@H](O)[C@H]1O. The summed E-state index contributed by atoms with van der Waals surface area (Å²) in [6.45, 7) is -3.14. The van der Waals surface area contributed by atoms with Crippen LogP contribution in [0.1, 0.15) is 0 Å². The van der Waals surface area contributed by atoms with Crippen LogP contribution in [-0.4, -0.2) is 168 Å². The molecular weight excluding hydrogens is 472 g/mol. The van der Waals surface area contributed by atoms with Crippen molar-refractivity contribution < 1.29 is 79.9 Å². The zero-order chi connectivity index (χ0) is 25.4. The topological polar surface area (TPSA) is 269 Å². The number of aliphatic hydroxyl groups is 11. The van der Waals surface area contributed by atoms with E-state index in [1.807, 2.05) is 0 Å². The van der Waals surface area contributed by atoms with Gasteiger partial charge in [0, 0.05) is 0 Å². The van der Waals surface area contributed by atoms with Crippen molar-refractivity contribution in [1.82, 2.24) is 0 Å². The maximum absolute atomic E-state index is 10.3. The molecule has 0 aromatic carbocycles. The molecule has 3 aliphatic rings. The molecule has 0 aliphatic carbocycles. The van der Waals surface area contributed by atoms with Crippen molar-refractivity contribution in [2.45, 2.75) is 85.5 Å². The standard InChI is InChI=1S/C18H32O16/c19-1-5-8(22)11(25)13(27)16(31-5)30-3-7-9(23)12(26)14(28)17(32-7)34-18(4-21)15(29)10(24)6(2-20)33-18/h5-17,19-29H,1-4H2/t5-,6-,7-,8+,9-,10-,11+,12+,13-,14-,15+,16+,17-,18?/m1/s1. The first-order chi connectivity index (χ1) is 16.0. The minimum atomic E-state index is -2.36. The first kappa shape index (κ1) is 27.9. The normalized spacial score (nSPS) is 52.1. The Kier molecular flexibility index (Phi) is 9.18. The number of ether oxygens (including phenoxy) is 5. The highest BCUT2D eigenvalue weighted by atomic mass is 16.8. The highest BCUT2D eigenvalue weighted by molar-refractivity contribution is 4.98. The molecule has 14 atom stereocenters. The van der Waals surface area contributed by atoms with Crippen LogP contribution in [-0.2, 0) is 23.7 Å². The Hall–Kier alpha value is -0.640. The monoisotopic (exact) mass is 504 g/mol. The molecule has 16 heteroatoms. The van der Waals surface area contributed by atoms with Gasteiger partial charge in [-0.15, -0.1) is 0 Å². The van der Waals surface area contributed by atoms with Gasteiger partial charge in [-0.2, -0.15) is 0 Å². The first-order valence-corrected chi connectivity index (χ1v) is 10.6. The largest absolute Gasteiger partial charge is 0.394 e. The van der Waals surface area contributed by atoms with Gasteiger partial charge in [0.05, 0.1) is 19.8 Å². The van der Waals surface area contributed by atoms with Gasteiger partial charge in [-0.1, -0.05) is 0 Å². The molecule has 200 valence electrons. The van der Waals surface area contributed by atoms with Crippen LogP contribution in [0.5, 0.6) is 0 Å². The first-order valence-electron chi connectivity index (χ1n) is 10.6. The fourth-order valence-electron chi connectivity index (χ4n) is 4.01. The summed E-state index contributed by atoms with van der Waals surface area (Å²) in [5, 5.41) is 109. The average molecular weight is 504 g/mol. The molecule has 3 saturated heterocycles. The quantitative estimate of drug-likeness (QED) is 0.146. The smallest absolute Gasteiger partial charge is 0.224 e. The van der Waals surface area contributed by atoms with Crippen molar-refractivity contribution in [2.24, 2.45) is 0 Å². The summed E-state index contributed by atoms with van der Waals surface area (Å²) >= 11 is 0. The van der Waals surface area contributed by atoms with Crippen LogP contribution >= 0.6 is 0 Å². The maximum atomic E-state index is 10.3. The lowest BCUT2D eigenvalue weighted by atomic mass is 9.98. The molecule has 0 aromatic rings. The lowest BCUT2D eigenvalue weighted by molar-refractivity contribution is -0.388. The zero-order valence-corrected chi connectivity index (χ0v) is 17.8. The van der Waals surface area contributed by atoms with E-state index >= 15 is 0 Å². The van der Waals surface area contributed by atoms with Gasteiger partial charge in [-0.05, 0) is 0 Å². The minimum absolute atomic E-state index is 0.634. The second kappa shape index (κ2) is 11.2. The molecule has 0 aromatic heterocycles. The van der Waals surface area contributed by atoms with Crippen molar-refractivity contribution in [1.29, 1.82) is 0 Å². The molecule has 34 heavy (non-hydrogen) atoms. The Labute approximate surface area is 192 Å². The van der Waals surface area contributed by atoms with Gasteiger partial charge in [-0.3, -0.25) is 0 Å². The molecule has 0 radical (unpaired) electrons. The zero-order valence-electron chi connectivity index (χ0n) is 17.8. The predicted octanol–water partition coefficient (Wildman–Crippen LogP) is -7.57. The number of hydrogen-bond donors (Lipinski definition) is 11. The van der Waals surface area contributed by atoms with Crippen LogP contribution in [0.4, 0.5) is 0 Å². The van der Waals surface area contributed by atoms with Crippen molar-refractivity contribution in [2.75, 3.05) is 26.4 Å². The van der Waals surface area contributed by atoms with Crippen LogP contribution in [0, 0.1) is 0 Å². The Morgan fingerprint density at radius 2 is 1.12 bits per heavy atom. The van der Waals surface area contributed by atoms with Crippen LogP contribution in [0.15, 0.2) is 0 Å². The molecule has 11 N–H and O–H groups in total. The maximum Gasteiger partial charge on any atom is 0.224 e. The number of aliphatic hydroxyl groups excluding tert-OH is 11. The summed E-state index contributed by atoms with van der Waals surface area (Å²) in [7, 11) is 0. The third kappa shape index (κ3) is 5.09. The molecule has 1 unspecified atom stereocenters. The lowest BCUT2D eigenvalue weighted by Crippen LogP contribution is -2.63. The predicted molar refractivity (Wildman–Crippen MR) is 101 cm³/mol. The fraction of sp³-hybridized carbons (Fsp3) is 1.00. The summed E-state index contributed by atoms with van der Waals surface area (Å²) in [5.41, 5.74) is 0. The molecule has 3 fully saturated rings. The molecule has 16 nitrogen and oxygen atoms in total. The van der Waals surface area contributed by atoms with E-state index in [9.17, 15) is 56.2 Å². The summed E-state index contributed by atoms with van der Waals surface area (Å²) in [4.78, 5) is 0.